The Bertz CT molecular complexity index is 1360. The molecule has 0 saturated carbocycles. The molecular weight excluding hydrogens is 498 g/mol. The highest BCUT2D eigenvalue weighted by Gasteiger charge is 2.45. The van der Waals surface area contributed by atoms with Crippen LogP contribution in [0.5, 0.6) is 0 Å². The van der Waals surface area contributed by atoms with Crippen LogP contribution in [0.15, 0.2) is 91.3 Å². The minimum Gasteiger partial charge on any atom is -0.358 e. The van der Waals surface area contributed by atoms with E-state index in [1.807, 2.05) is 43.3 Å². The summed E-state index contributed by atoms with van der Waals surface area (Å²) < 4.78 is 21.3. The van der Waals surface area contributed by atoms with Gasteiger partial charge in [0.25, 0.3) is 5.91 Å². The van der Waals surface area contributed by atoms with Crippen LogP contribution in [-0.4, -0.2) is 17.0 Å². The normalized spacial score (nSPS) is 19.9. The largest absolute Gasteiger partial charge is 0.358 e. The molecule has 1 amide bonds. The molecule has 182 valence electrons. The Morgan fingerprint density at radius 2 is 1.61 bits per heavy atom. The number of ether oxygens (including phenoxy) is 1. The van der Waals surface area contributed by atoms with Gasteiger partial charge in [0.15, 0.2) is 0 Å². The van der Waals surface area contributed by atoms with E-state index in [0.717, 1.165) is 16.7 Å². The monoisotopic (exact) mass is 520 g/mol. The number of carbonyl (C=O) groups is 1. The molecule has 0 aliphatic carbocycles. The third-order valence-electron chi connectivity index (χ3n) is 6.34. The zero-order valence-electron chi connectivity index (χ0n) is 19.4. The Balaban J connectivity index is 1.64. The summed E-state index contributed by atoms with van der Waals surface area (Å²) in [5.74, 6) is -0.629. The predicted octanol–water partition coefficient (Wildman–Crippen LogP) is 7.29. The lowest BCUT2D eigenvalue weighted by atomic mass is 9.90. The second-order valence-electron chi connectivity index (χ2n) is 8.81. The van der Waals surface area contributed by atoms with E-state index < -0.39 is 18.2 Å². The van der Waals surface area contributed by atoms with Crippen molar-refractivity contribution in [3.63, 3.8) is 0 Å². The lowest BCUT2D eigenvalue weighted by Crippen LogP contribution is -2.52. The topological polar surface area (TPSA) is 42.4 Å². The van der Waals surface area contributed by atoms with Gasteiger partial charge in [-0.2, -0.15) is 0 Å². The Morgan fingerprint density at radius 1 is 0.944 bits per heavy atom. The first-order chi connectivity index (χ1) is 17.4. The van der Waals surface area contributed by atoms with E-state index in [1.165, 1.54) is 6.07 Å². The van der Waals surface area contributed by atoms with E-state index in [4.69, 9.17) is 27.9 Å². The number of aryl methyl sites for hydroxylation is 1. The van der Waals surface area contributed by atoms with E-state index >= 15 is 0 Å². The quantitative estimate of drug-likeness (QED) is 0.277. The molecule has 1 saturated heterocycles. The van der Waals surface area contributed by atoms with E-state index in [9.17, 15) is 9.18 Å². The third kappa shape index (κ3) is 5.00. The molecule has 0 spiro atoms. The lowest BCUT2D eigenvalue weighted by molar-refractivity contribution is -0.145. The molecule has 3 aromatic carbocycles. The molecular formula is C29H23Cl2FN2O2. The molecule has 5 rings (SSSR count). The number of anilines is 1. The summed E-state index contributed by atoms with van der Waals surface area (Å²) in [7, 11) is 0. The molecule has 4 nitrogen and oxygen atoms in total. The summed E-state index contributed by atoms with van der Waals surface area (Å²) in [6.07, 6.45) is 1.93. The molecule has 2 heterocycles. The summed E-state index contributed by atoms with van der Waals surface area (Å²) >= 11 is 12.3. The van der Waals surface area contributed by atoms with Crippen LogP contribution in [0, 0.1) is 12.7 Å². The number of amides is 1. The highest BCUT2D eigenvalue weighted by Crippen LogP contribution is 2.45. The van der Waals surface area contributed by atoms with Crippen molar-refractivity contribution in [2.24, 2.45) is 0 Å². The van der Waals surface area contributed by atoms with Crippen molar-refractivity contribution in [2.75, 3.05) is 4.90 Å². The summed E-state index contributed by atoms with van der Waals surface area (Å²) in [6.45, 7) is 1.83. The van der Waals surface area contributed by atoms with Crippen LogP contribution >= 0.6 is 23.2 Å². The lowest BCUT2D eigenvalue weighted by Gasteiger charge is -2.44. The number of aromatic nitrogens is 1. The molecule has 7 heteroatoms. The van der Waals surface area contributed by atoms with E-state index in [2.05, 4.69) is 4.98 Å². The number of hydrogen-bond donors (Lipinski definition) is 0. The molecule has 1 aliphatic rings. The molecule has 1 aromatic heterocycles. The number of carbonyl (C=O) groups excluding carboxylic acids is 1. The summed E-state index contributed by atoms with van der Waals surface area (Å²) in [4.78, 5) is 19.9. The zero-order chi connectivity index (χ0) is 25.2. The predicted molar refractivity (Wildman–Crippen MR) is 140 cm³/mol. The zero-order valence-corrected chi connectivity index (χ0v) is 21.0. The van der Waals surface area contributed by atoms with Gasteiger partial charge in [0.05, 0.1) is 17.9 Å². The fourth-order valence-electron chi connectivity index (χ4n) is 4.57. The first-order valence-corrected chi connectivity index (χ1v) is 12.3. The average molecular weight is 521 g/mol. The molecule has 3 atom stereocenters. The van der Waals surface area contributed by atoms with Crippen molar-refractivity contribution in [1.29, 1.82) is 0 Å². The van der Waals surface area contributed by atoms with Crippen LogP contribution in [0.25, 0.3) is 0 Å². The fourth-order valence-corrected chi connectivity index (χ4v) is 4.82. The molecule has 3 unspecified atom stereocenters. The van der Waals surface area contributed by atoms with Crippen molar-refractivity contribution >= 4 is 34.8 Å². The van der Waals surface area contributed by atoms with Crippen LogP contribution < -0.4 is 4.90 Å². The van der Waals surface area contributed by atoms with Gasteiger partial charge < -0.3 is 4.74 Å². The second kappa shape index (κ2) is 10.4. The van der Waals surface area contributed by atoms with Gasteiger partial charge in [-0.15, -0.1) is 0 Å². The van der Waals surface area contributed by atoms with Crippen molar-refractivity contribution in [1.82, 2.24) is 4.98 Å². The van der Waals surface area contributed by atoms with Gasteiger partial charge in [-0.25, -0.2) is 4.39 Å². The minimum absolute atomic E-state index is 0.0964. The molecule has 0 bridgehead atoms. The fraction of sp³-hybridized carbons (Fsp3) is 0.172. The minimum atomic E-state index is -0.911. The Hall–Kier alpha value is -3.25. The maximum absolute atomic E-state index is 14.8. The number of benzene rings is 3. The van der Waals surface area contributed by atoms with Crippen molar-refractivity contribution in [3.8, 4) is 0 Å². The SMILES string of the molecule is Cc1ccc(CC2OC(c3ccc(Cl)cc3)C(c3ccc(Cl)cc3)N(c3cccnc3)C2=O)c(F)c1. The summed E-state index contributed by atoms with van der Waals surface area (Å²) in [6, 6.07) is 22.8. The van der Waals surface area contributed by atoms with Crippen LogP contribution in [0.3, 0.4) is 0 Å². The number of nitrogens with zero attached hydrogens (tertiary/aromatic N) is 2. The van der Waals surface area contributed by atoms with Crippen molar-refractivity contribution in [2.45, 2.75) is 31.6 Å². The molecule has 4 aromatic rings. The van der Waals surface area contributed by atoms with Crippen LogP contribution in [0.1, 0.15) is 34.4 Å². The van der Waals surface area contributed by atoms with Gasteiger partial charge in [0.2, 0.25) is 0 Å². The van der Waals surface area contributed by atoms with Crippen molar-refractivity contribution < 1.29 is 13.9 Å². The standard InChI is InChI=1S/C29H23Cl2FN2O2/c1-18-4-5-21(25(32)15-18)16-26-29(35)34(24-3-2-14-33-17-24)27(19-6-10-22(30)11-7-19)28(36-26)20-8-12-23(31)13-9-20/h2-15,17,26-28H,16H2,1H3. The van der Waals surface area contributed by atoms with E-state index in [0.29, 0.717) is 21.3 Å². The first kappa shape index (κ1) is 24.4. The number of pyridine rings is 1. The van der Waals surface area contributed by atoms with E-state index in [1.54, 1.807) is 53.7 Å². The molecule has 0 N–H and O–H groups in total. The van der Waals surface area contributed by atoms with Crippen LogP contribution in [0.2, 0.25) is 10.0 Å². The maximum atomic E-state index is 14.8. The second-order valence-corrected chi connectivity index (χ2v) is 9.68. The third-order valence-corrected chi connectivity index (χ3v) is 6.84. The Morgan fingerprint density at radius 3 is 2.22 bits per heavy atom. The Labute approximate surface area is 219 Å². The number of halogens is 3. The molecule has 1 aliphatic heterocycles. The van der Waals surface area contributed by atoms with Crippen LogP contribution in [-0.2, 0) is 16.0 Å². The van der Waals surface area contributed by atoms with Crippen LogP contribution in [0.4, 0.5) is 10.1 Å². The smallest absolute Gasteiger partial charge is 0.257 e. The number of rotatable bonds is 5. The van der Waals surface area contributed by atoms with Gasteiger partial charge in [-0.3, -0.25) is 14.7 Å². The maximum Gasteiger partial charge on any atom is 0.257 e. The van der Waals surface area contributed by atoms with Gasteiger partial charge in [-0.05, 0) is 71.6 Å². The van der Waals surface area contributed by atoms with Gasteiger partial charge in [-0.1, -0.05) is 59.6 Å². The van der Waals surface area contributed by atoms with Crippen molar-refractivity contribution in [3.05, 3.63) is 129 Å². The van der Waals surface area contributed by atoms with Gasteiger partial charge >= 0.3 is 0 Å². The summed E-state index contributed by atoms with van der Waals surface area (Å²) in [5, 5.41) is 1.18. The van der Waals surface area contributed by atoms with Gasteiger partial charge in [0.1, 0.15) is 18.0 Å². The number of morpholine rings is 1. The average Bonchev–Trinajstić information content (AvgIpc) is 2.88. The highest BCUT2D eigenvalue weighted by molar-refractivity contribution is 6.30. The molecule has 1 fully saturated rings. The Kier molecular flexibility index (Phi) is 7.06. The number of hydrogen-bond acceptors (Lipinski definition) is 3. The first-order valence-electron chi connectivity index (χ1n) is 11.6. The molecule has 0 radical (unpaired) electrons. The summed E-state index contributed by atoms with van der Waals surface area (Å²) in [5.41, 5.74) is 3.54. The molecule has 36 heavy (non-hydrogen) atoms. The van der Waals surface area contributed by atoms with E-state index in [-0.39, 0.29) is 18.1 Å². The highest BCUT2D eigenvalue weighted by atomic mass is 35.5. The van der Waals surface area contributed by atoms with Gasteiger partial charge in [0, 0.05) is 22.7 Å².